The van der Waals surface area contributed by atoms with Crippen molar-refractivity contribution < 1.29 is 4.42 Å². The first-order valence-corrected chi connectivity index (χ1v) is 9.57. The maximum Gasteiger partial charge on any atom is 0.143 e. The molecule has 0 aliphatic heterocycles. The van der Waals surface area contributed by atoms with Crippen molar-refractivity contribution in [2.75, 3.05) is 0 Å². The molecule has 5 aromatic carbocycles. The number of pyridine rings is 1. The summed E-state index contributed by atoms with van der Waals surface area (Å²) in [4.78, 5) is 4.84. The molecule has 0 saturated heterocycles. The van der Waals surface area contributed by atoms with Crippen molar-refractivity contribution in [1.29, 1.82) is 0 Å². The third-order valence-electron chi connectivity index (χ3n) is 6.16. The van der Waals surface area contributed by atoms with Crippen molar-refractivity contribution in [3.63, 3.8) is 0 Å². The van der Waals surface area contributed by atoms with Gasteiger partial charge in [0.15, 0.2) is 0 Å². The highest BCUT2D eigenvalue weighted by atomic mass is 16.3. The molecule has 2 heterocycles. The molecule has 28 heavy (non-hydrogen) atoms. The van der Waals surface area contributed by atoms with Gasteiger partial charge in [-0.2, -0.15) is 0 Å². The third-order valence-corrected chi connectivity index (χ3v) is 6.16. The van der Waals surface area contributed by atoms with Crippen LogP contribution in [0.25, 0.3) is 65.0 Å². The van der Waals surface area contributed by atoms with Crippen molar-refractivity contribution >= 4 is 65.0 Å². The van der Waals surface area contributed by atoms with E-state index in [1.807, 2.05) is 6.20 Å². The van der Waals surface area contributed by atoms with Crippen molar-refractivity contribution in [3.05, 3.63) is 78.7 Å². The van der Waals surface area contributed by atoms with Crippen LogP contribution in [0.5, 0.6) is 0 Å². The second kappa shape index (κ2) is 4.79. The lowest BCUT2D eigenvalue weighted by Crippen LogP contribution is -1.89. The van der Waals surface area contributed by atoms with Crippen molar-refractivity contribution in [2.24, 2.45) is 0 Å². The first kappa shape index (κ1) is 14.4. The standard InChI is InChI=1S/C26H15NO/c1-14-22-18-9-5-4-8-17(18)19-10-11-27-25-20-12-15-6-2-3-7-16(15)13-21(20)26(28-14)24(22)23(19)25/h2-13H,1H3. The second-order valence-electron chi connectivity index (χ2n) is 7.61. The van der Waals surface area contributed by atoms with E-state index in [-0.39, 0.29) is 0 Å². The third kappa shape index (κ3) is 1.58. The second-order valence-corrected chi connectivity index (χ2v) is 7.61. The van der Waals surface area contributed by atoms with Gasteiger partial charge in [0.1, 0.15) is 11.3 Å². The fourth-order valence-corrected chi connectivity index (χ4v) is 5.00. The fourth-order valence-electron chi connectivity index (χ4n) is 5.00. The highest BCUT2D eigenvalue weighted by molar-refractivity contribution is 6.39. The maximum atomic E-state index is 6.42. The molecule has 0 aliphatic carbocycles. The smallest absolute Gasteiger partial charge is 0.143 e. The summed E-state index contributed by atoms with van der Waals surface area (Å²) < 4.78 is 6.42. The number of aromatic nitrogens is 1. The number of hydrogen-bond donors (Lipinski definition) is 0. The molecule has 0 aliphatic rings. The van der Waals surface area contributed by atoms with Gasteiger partial charge in [-0.1, -0.05) is 48.5 Å². The Bertz CT molecular complexity index is 1720. The van der Waals surface area contributed by atoms with E-state index in [2.05, 4.69) is 73.7 Å². The molecule has 0 saturated carbocycles. The van der Waals surface area contributed by atoms with E-state index in [9.17, 15) is 0 Å². The summed E-state index contributed by atoms with van der Waals surface area (Å²) in [5, 5.41) is 12.1. The van der Waals surface area contributed by atoms with Crippen LogP contribution in [0.3, 0.4) is 0 Å². The number of aryl methyl sites for hydroxylation is 1. The van der Waals surface area contributed by atoms with Gasteiger partial charge < -0.3 is 4.42 Å². The predicted octanol–water partition coefficient (Wildman–Crippen LogP) is 7.34. The van der Waals surface area contributed by atoms with Crippen LogP contribution in [-0.4, -0.2) is 4.98 Å². The van der Waals surface area contributed by atoms with E-state index in [0.29, 0.717) is 0 Å². The van der Waals surface area contributed by atoms with Gasteiger partial charge >= 0.3 is 0 Å². The summed E-state index contributed by atoms with van der Waals surface area (Å²) in [6.07, 6.45) is 1.94. The Morgan fingerprint density at radius 1 is 0.643 bits per heavy atom. The highest BCUT2D eigenvalue weighted by Crippen LogP contribution is 2.46. The zero-order valence-electron chi connectivity index (χ0n) is 15.3. The first-order chi connectivity index (χ1) is 13.8. The lowest BCUT2D eigenvalue weighted by molar-refractivity contribution is 0.586. The van der Waals surface area contributed by atoms with Crippen LogP contribution in [0.4, 0.5) is 0 Å². The summed E-state index contributed by atoms with van der Waals surface area (Å²) >= 11 is 0. The summed E-state index contributed by atoms with van der Waals surface area (Å²) in [5.41, 5.74) is 2.03. The number of benzene rings is 5. The Balaban J connectivity index is 1.93. The van der Waals surface area contributed by atoms with Crippen LogP contribution in [-0.2, 0) is 0 Å². The van der Waals surface area contributed by atoms with Crippen LogP contribution >= 0.6 is 0 Å². The molecule has 2 nitrogen and oxygen atoms in total. The number of nitrogens with zero attached hydrogens (tertiary/aromatic N) is 1. The minimum Gasteiger partial charge on any atom is -0.460 e. The SMILES string of the molecule is Cc1oc2c3cc4ccccc4cc3c3nccc4c5ccccc5c1c2c43. The van der Waals surface area contributed by atoms with Gasteiger partial charge in [0, 0.05) is 33.1 Å². The zero-order valence-corrected chi connectivity index (χ0v) is 15.3. The van der Waals surface area contributed by atoms with Gasteiger partial charge in [-0.25, -0.2) is 0 Å². The van der Waals surface area contributed by atoms with Gasteiger partial charge in [0.05, 0.1) is 5.52 Å². The Morgan fingerprint density at radius 2 is 1.32 bits per heavy atom. The normalized spacial score (nSPS) is 12.5. The number of rotatable bonds is 0. The van der Waals surface area contributed by atoms with Crippen molar-refractivity contribution in [2.45, 2.75) is 6.92 Å². The monoisotopic (exact) mass is 357 g/mol. The van der Waals surface area contributed by atoms with Gasteiger partial charge in [-0.15, -0.1) is 0 Å². The summed E-state index contributed by atoms with van der Waals surface area (Å²) in [7, 11) is 0. The van der Waals surface area contributed by atoms with E-state index in [4.69, 9.17) is 9.40 Å². The molecule has 0 radical (unpaired) electrons. The van der Waals surface area contributed by atoms with Crippen LogP contribution < -0.4 is 0 Å². The Hall–Kier alpha value is -3.65. The first-order valence-electron chi connectivity index (χ1n) is 9.57. The molecule has 0 amide bonds. The number of hydrogen-bond acceptors (Lipinski definition) is 2. The molecule has 7 aromatic rings. The Morgan fingerprint density at radius 3 is 2.14 bits per heavy atom. The minimum absolute atomic E-state index is 0.971. The average Bonchev–Trinajstić information content (AvgIpc) is 3.10. The molecular weight excluding hydrogens is 342 g/mol. The topological polar surface area (TPSA) is 26.0 Å². The van der Waals surface area contributed by atoms with Crippen molar-refractivity contribution in [3.8, 4) is 0 Å². The lowest BCUT2D eigenvalue weighted by atomic mass is 9.90. The molecule has 0 fully saturated rings. The quantitative estimate of drug-likeness (QED) is 0.210. The summed E-state index contributed by atoms with van der Waals surface area (Å²) in [6, 6.07) is 23.8. The predicted molar refractivity (Wildman–Crippen MR) is 117 cm³/mol. The van der Waals surface area contributed by atoms with E-state index >= 15 is 0 Å². The van der Waals surface area contributed by atoms with Gasteiger partial charge in [0.2, 0.25) is 0 Å². The van der Waals surface area contributed by atoms with Crippen LogP contribution in [0.1, 0.15) is 5.76 Å². The molecule has 7 rings (SSSR count). The molecule has 0 bridgehead atoms. The molecule has 130 valence electrons. The molecule has 0 unspecified atom stereocenters. The molecular formula is C26H15NO. The van der Waals surface area contributed by atoms with E-state index < -0.39 is 0 Å². The lowest BCUT2D eigenvalue weighted by Gasteiger charge is -2.12. The summed E-state index contributed by atoms with van der Waals surface area (Å²) in [5.74, 6) is 0.971. The molecule has 0 atom stereocenters. The Labute approximate surface area is 160 Å². The van der Waals surface area contributed by atoms with Crippen LogP contribution in [0.15, 0.2) is 77.3 Å². The van der Waals surface area contributed by atoms with Gasteiger partial charge in [0.25, 0.3) is 0 Å². The molecule has 2 aromatic heterocycles. The highest BCUT2D eigenvalue weighted by Gasteiger charge is 2.22. The fraction of sp³-hybridized carbons (Fsp3) is 0.0385. The Kier molecular flexibility index (Phi) is 2.47. The largest absolute Gasteiger partial charge is 0.460 e. The zero-order chi connectivity index (χ0) is 18.4. The average molecular weight is 357 g/mol. The van der Waals surface area contributed by atoms with E-state index in [1.54, 1.807) is 0 Å². The van der Waals surface area contributed by atoms with Crippen molar-refractivity contribution in [1.82, 2.24) is 4.98 Å². The van der Waals surface area contributed by atoms with E-state index in [0.717, 1.165) is 27.6 Å². The van der Waals surface area contributed by atoms with Gasteiger partial charge in [-0.05, 0) is 52.1 Å². The van der Waals surface area contributed by atoms with Gasteiger partial charge in [-0.3, -0.25) is 4.98 Å². The number of furan rings is 1. The number of fused-ring (bicyclic) bond motifs is 7. The van der Waals surface area contributed by atoms with Crippen LogP contribution in [0.2, 0.25) is 0 Å². The molecule has 2 heteroatoms. The molecule has 0 spiro atoms. The van der Waals surface area contributed by atoms with E-state index in [1.165, 1.54) is 43.1 Å². The minimum atomic E-state index is 0.971. The summed E-state index contributed by atoms with van der Waals surface area (Å²) in [6.45, 7) is 2.08. The maximum absolute atomic E-state index is 6.42. The van der Waals surface area contributed by atoms with Crippen LogP contribution in [0, 0.1) is 6.92 Å². The molecule has 0 N–H and O–H groups in total.